The molecule has 114 valence electrons. The maximum absolute atomic E-state index is 5.34. The summed E-state index contributed by atoms with van der Waals surface area (Å²) in [5, 5.41) is 1.30. The maximum Gasteiger partial charge on any atom is 0.119 e. The Hall–Kier alpha value is -1.48. The molecule has 2 atom stereocenters. The summed E-state index contributed by atoms with van der Waals surface area (Å²) in [4.78, 5) is 6.02. The lowest BCUT2D eigenvalue weighted by Crippen LogP contribution is -2.56. The van der Waals surface area contributed by atoms with E-state index < -0.39 is 0 Å². The van der Waals surface area contributed by atoms with Crippen LogP contribution in [0.15, 0.2) is 24.4 Å². The van der Waals surface area contributed by atoms with Crippen molar-refractivity contribution < 1.29 is 4.74 Å². The van der Waals surface area contributed by atoms with Gasteiger partial charge in [-0.3, -0.25) is 4.90 Å². The molecule has 21 heavy (non-hydrogen) atoms. The average molecular weight is 286 g/mol. The normalized spacial score (nSPS) is 22.4. The standard InChI is InChI=1S/C18H26N2O/c1-4-13-12-20(18(13)5-2)9-8-14-11-19-17-7-6-15(21-3)10-16(14)17/h6-7,10-11,13,18-19H,4-5,8-9,12H2,1-3H3. The highest BCUT2D eigenvalue weighted by Crippen LogP contribution is 2.31. The zero-order valence-corrected chi connectivity index (χ0v) is 13.4. The number of benzene rings is 1. The lowest BCUT2D eigenvalue weighted by atomic mass is 9.84. The zero-order valence-electron chi connectivity index (χ0n) is 13.4. The lowest BCUT2D eigenvalue weighted by molar-refractivity contribution is 0.0117. The predicted molar refractivity (Wildman–Crippen MR) is 88.0 cm³/mol. The second-order valence-electron chi connectivity index (χ2n) is 6.11. The number of fused-ring (bicyclic) bond motifs is 1. The fraction of sp³-hybridized carbons (Fsp3) is 0.556. The third-order valence-corrected chi connectivity index (χ3v) is 5.07. The topological polar surface area (TPSA) is 28.3 Å². The minimum Gasteiger partial charge on any atom is -0.497 e. The Morgan fingerprint density at radius 2 is 2.14 bits per heavy atom. The first-order chi connectivity index (χ1) is 10.3. The van der Waals surface area contributed by atoms with Crippen LogP contribution < -0.4 is 4.74 Å². The highest BCUT2D eigenvalue weighted by molar-refractivity contribution is 5.84. The van der Waals surface area contributed by atoms with Gasteiger partial charge in [-0.1, -0.05) is 20.3 Å². The number of hydrogen-bond acceptors (Lipinski definition) is 2. The molecular formula is C18H26N2O. The van der Waals surface area contributed by atoms with Gasteiger partial charge in [0.1, 0.15) is 5.75 Å². The van der Waals surface area contributed by atoms with E-state index in [1.165, 1.54) is 42.4 Å². The Labute approximate surface area is 127 Å². The van der Waals surface area contributed by atoms with Crippen LogP contribution in [0.1, 0.15) is 32.3 Å². The Balaban J connectivity index is 1.68. The van der Waals surface area contributed by atoms with Crippen LogP contribution in [-0.2, 0) is 6.42 Å². The van der Waals surface area contributed by atoms with E-state index in [9.17, 15) is 0 Å². The Kier molecular flexibility index (Phi) is 4.20. The van der Waals surface area contributed by atoms with Crippen molar-refractivity contribution in [3.05, 3.63) is 30.0 Å². The van der Waals surface area contributed by atoms with Gasteiger partial charge in [0.15, 0.2) is 0 Å². The summed E-state index contributed by atoms with van der Waals surface area (Å²) in [7, 11) is 1.73. The van der Waals surface area contributed by atoms with Gasteiger partial charge in [0.05, 0.1) is 7.11 Å². The van der Waals surface area contributed by atoms with E-state index in [0.29, 0.717) is 0 Å². The van der Waals surface area contributed by atoms with Crippen LogP contribution >= 0.6 is 0 Å². The number of aromatic amines is 1. The monoisotopic (exact) mass is 286 g/mol. The number of rotatable bonds is 6. The molecule has 1 aromatic carbocycles. The molecular weight excluding hydrogens is 260 g/mol. The summed E-state index contributed by atoms with van der Waals surface area (Å²) < 4.78 is 5.34. The molecule has 3 nitrogen and oxygen atoms in total. The van der Waals surface area contributed by atoms with Crippen LogP contribution in [0.25, 0.3) is 10.9 Å². The molecule has 1 N–H and O–H groups in total. The van der Waals surface area contributed by atoms with Crippen molar-refractivity contribution in [1.29, 1.82) is 0 Å². The molecule has 0 aliphatic carbocycles. The molecule has 1 aliphatic heterocycles. The molecule has 2 unspecified atom stereocenters. The minimum atomic E-state index is 0.801. The largest absolute Gasteiger partial charge is 0.497 e. The molecule has 1 aliphatic rings. The van der Waals surface area contributed by atoms with Gasteiger partial charge >= 0.3 is 0 Å². The summed E-state index contributed by atoms with van der Waals surface area (Å²) in [6.45, 7) is 7.08. The molecule has 2 aromatic rings. The summed E-state index contributed by atoms with van der Waals surface area (Å²) in [5.74, 6) is 1.85. The van der Waals surface area contributed by atoms with Gasteiger partial charge in [0.2, 0.25) is 0 Å². The van der Waals surface area contributed by atoms with E-state index in [0.717, 1.165) is 24.1 Å². The summed E-state index contributed by atoms with van der Waals surface area (Å²) in [6, 6.07) is 7.05. The van der Waals surface area contributed by atoms with Gasteiger partial charge in [0, 0.05) is 36.2 Å². The van der Waals surface area contributed by atoms with Gasteiger partial charge in [-0.25, -0.2) is 0 Å². The van der Waals surface area contributed by atoms with E-state index in [4.69, 9.17) is 4.74 Å². The molecule has 1 aromatic heterocycles. The number of nitrogens with zero attached hydrogens (tertiary/aromatic N) is 1. The van der Waals surface area contributed by atoms with E-state index >= 15 is 0 Å². The molecule has 0 spiro atoms. The number of methoxy groups -OCH3 is 1. The van der Waals surface area contributed by atoms with Crippen LogP contribution in [0, 0.1) is 5.92 Å². The number of aromatic nitrogens is 1. The predicted octanol–water partition coefficient (Wildman–Crippen LogP) is 3.84. The van der Waals surface area contributed by atoms with Gasteiger partial charge in [-0.15, -0.1) is 0 Å². The minimum absolute atomic E-state index is 0.801. The average Bonchev–Trinajstić information content (AvgIpc) is 2.89. The summed E-state index contributed by atoms with van der Waals surface area (Å²) >= 11 is 0. The van der Waals surface area contributed by atoms with E-state index in [-0.39, 0.29) is 0 Å². The highest BCUT2D eigenvalue weighted by atomic mass is 16.5. The van der Waals surface area contributed by atoms with Crippen molar-refractivity contribution in [2.24, 2.45) is 5.92 Å². The first-order valence-corrected chi connectivity index (χ1v) is 8.14. The molecule has 0 bridgehead atoms. The SMILES string of the molecule is CCC1CN(CCc2c[nH]c3ccc(OC)cc23)C1CC. The molecule has 1 saturated heterocycles. The lowest BCUT2D eigenvalue weighted by Gasteiger charge is -2.48. The van der Waals surface area contributed by atoms with E-state index in [1.807, 2.05) is 6.07 Å². The van der Waals surface area contributed by atoms with Crippen LogP contribution in [0.2, 0.25) is 0 Å². The van der Waals surface area contributed by atoms with E-state index in [1.54, 1.807) is 7.11 Å². The van der Waals surface area contributed by atoms with Gasteiger partial charge in [0.25, 0.3) is 0 Å². The molecule has 3 rings (SSSR count). The van der Waals surface area contributed by atoms with Crippen molar-refractivity contribution in [1.82, 2.24) is 9.88 Å². The number of likely N-dealkylation sites (tertiary alicyclic amines) is 1. The highest BCUT2D eigenvalue weighted by Gasteiger charge is 2.35. The van der Waals surface area contributed by atoms with E-state index in [2.05, 4.69) is 42.1 Å². The fourth-order valence-corrected chi connectivity index (χ4v) is 3.72. The van der Waals surface area contributed by atoms with Crippen molar-refractivity contribution in [2.45, 2.75) is 39.2 Å². The molecule has 1 fully saturated rings. The smallest absolute Gasteiger partial charge is 0.119 e. The first kappa shape index (κ1) is 14.5. The van der Waals surface area contributed by atoms with Crippen molar-refractivity contribution in [3.8, 4) is 5.75 Å². The molecule has 2 heterocycles. The van der Waals surface area contributed by atoms with Crippen LogP contribution in [0.3, 0.4) is 0 Å². The van der Waals surface area contributed by atoms with Crippen molar-refractivity contribution in [2.75, 3.05) is 20.2 Å². The van der Waals surface area contributed by atoms with Crippen LogP contribution in [0.4, 0.5) is 0 Å². The second-order valence-corrected chi connectivity index (χ2v) is 6.11. The zero-order chi connectivity index (χ0) is 14.8. The van der Waals surface area contributed by atoms with Crippen molar-refractivity contribution >= 4 is 10.9 Å². The molecule has 0 amide bonds. The number of hydrogen-bond donors (Lipinski definition) is 1. The van der Waals surface area contributed by atoms with Gasteiger partial charge in [-0.2, -0.15) is 0 Å². The second kappa shape index (κ2) is 6.10. The van der Waals surface area contributed by atoms with Crippen molar-refractivity contribution in [3.63, 3.8) is 0 Å². The Morgan fingerprint density at radius 1 is 1.29 bits per heavy atom. The van der Waals surface area contributed by atoms with Crippen LogP contribution in [0.5, 0.6) is 5.75 Å². The molecule has 3 heteroatoms. The number of nitrogens with one attached hydrogen (secondary N) is 1. The Morgan fingerprint density at radius 3 is 2.86 bits per heavy atom. The van der Waals surface area contributed by atoms with Gasteiger partial charge in [-0.05, 0) is 42.5 Å². The fourth-order valence-electron chi connectivity index (χ4n) is 3.72. The molecule has 0 radical (unpaired) electrons. The number of ether oxygens (including phenoxy) is 1. The Bertz CT molecular complexity index is 604. The summed E-state index contributed by atoms with van der Waals surface area (Å²) in [5.41, 5.74) is 2.60. The van der Waals surface area contributed by atoms with Crippen LogP contribution in [-0.4, -0.2) is 36.1 Å². The first-order valence-electron chi connectivity index (χ1n) is 8.14. The van der Waals surface area contributed by atoms with Gasteiger partial charge < -0.3 is 9.72 Å². The third kappa shape index (κ3) is 2.67. The third-order valence-electron chi connectivity index (χ3n) is 5.07. The quantitative estimate of drug-likeness (QED) is 0.874. The molecule has 0 saturated carbocycles. The maximum atomic E-state index is 5.34. The number of H-pyrrole nitrogens is 1. The summed E-state index contributed by atoms with van der Waals surface area (Å²) in [6.07, 6.45) is 5.86.